The van der Waals surface area contributed by atoms with Gasteiger partial charge in [0, 0.05) is 10.5 Å². The highest BCUT2D eigenvalue weighted by Gasteiger charge is 2.21. The molecule has 0 aromatic heterocycles. The molecule has 0 fully saturated rings. The first-order valence-electron chi connectivity index (χ1n) is 6.94. The Morgan fingerprint density at radius 2 is 2.00 bits per heavy atom. The van der Waals surface area contributed by atoms with Crippen molar-refractivity contribution in [1.29, 1.82) is 0 Å². The minimum Gasteiger partial charge on any atom is -0.497 e. The molecule has 1 N–H and O–H groups in total. The van der Waals surface area contributed by atoms with Crippen molar-refractivity contribution in [2.45, 2.75) is 46.6 Å². The number of nitrogens with one attached hydrogen (secondary N) is 1. The summed E-state index contributed by atoms with van der Waals surface area (Å²) in [5.74, 6) is 0.889. The van der Waals surface area contributed by atoms with Gasteiger partial charge in [-0.15, -0.1) is 0 Å². The van der Waals surface area contributed by atoms with E-state index in [0.717, 1.165) is 29.6 Å². The van der Waals surface area contributed by atoms with Crippen LogP contribution in [0, 0.1) is 5.41 Å². The molecule has 0 radical (unpaired) electrons. The minimum atomic E-state index is 0.296. The van der Waals surface area contributed by atoms with Crippen molar-refractivity contribution in [3.05, 3.63) is 28.2 Å². The fourth-order valence-electron chi connectivity index (χ4n) is 2.14. The van der Waals surface area contributed by atoms with E-state index in [1.165, 1.54) is 5.56 Å². The molecular weight excluding hydrogens is 302 g/mol. The Kier molecular flexibility index (Phi) is 6.34. The van der Waals surface area contributed by atoms with E-state index in [2.05, 4.69) is 55.0 Å². The van der Waals surface area contributed by atoms with E-state index in [1.54, 1.807) is 7.11 Å². The van der Waals surface area contributed by atoms with Crippen LogP contribution in [-0.4, -0.2) is 13.7 Å². The normalized spacial score (nSPS) is 13.4. The summed E-state index contributed by atoms with van der Waals surface area (Å²) in [4.78, 5) is 0. The minimum absolute atomic E-state index is 0.296. The van der Waals surface area contributed by atoms with Gasteiger partial charge in [-0.1, -0.05) is 49.7 Å². The number of methoxy groups -OCH3 is 1. The second kappa shape index (κ2) is 7.30. The number of halogens is 1. The van der Waals surface area contributed by atoms with E-state index in [9.17, 15) is 0 Å². The topological polar surface area (TPSA) is 21.3 Å². The van der Waals surface area contributed by atoms with Crippen LogP contribution >= 0.6 is 15.9 Å². The van der Waals surface area contributed by atoms with Gasteiger partial charge < -0.3 is 10.1 Å². The van der Waals surface area contributed by atoms with Crippen molar-refractivity contribution in [2.75, 3.05) is 13.7 Å². The highest BCUT2D eigenvalue weighted by Crippen LogP contribution is 2.34. The third-order valence-electron chi connectivity index (χ3n) is 3.04. The van der Waals surface area contributed by atoms with E-state index in [1.807, 2.05) is 12.1 Å². The molecule has 0 amide bonds. The summed E-state index contributed by atoms with van der Waals surface area (Å²) in [7, 11) is 1.70. The predicted octanol–water partition coefficient (Wildman–Crippen LogP) is 4.93. The molecule has 0 aliphatic heterocycles. The third-order valence-corrected chi connectivity index (χ3v) is 3.73. The Balaban J connectivity index is 2.96. The summed E-state index contributed by atoms with van der Waals surface area (Å²) in [5, 5.41) is 3.65. The zero-order valence-corrected chi connectivity index (χ0v) is 14.3. The molecule has 0 spiro atoms. The molecule has 0 aliphatic carbocycles. The van der Waals surface area contributed by atoms with Crippen LogP contribution in [0.1, 0.15) is 52.1 Å². The molecular formula is C16H26BrNO. The Labute approximate surface area is 126 Å². The van der Waals surface area contributed by atoms with E-state index in [4.69, 9.17) is 4.74 Å². The zero-order valence-electron chi connectivity index (χ0n) is 12.7. The van der Waals surface area contributed by atoms with Crippen LogP contribution in [0.3, 0.4) is 0 Å². The summed E-state index contributed by atoms with van der Waals surface area (Å²) in [6, 6.07) is 6.60. The fourth-order valence-corrected chi connectivity index (χ4v) is 2.77. The number of benzene rings is 1. The molecule has 1 aromatic carbocycles. The predicted molar refractivity (Wildman–Crippen MR) is 85.8 cm³/mol. The van der Waals surface area contributed by atoms with Crippen molar-refractivity contribution < 1.29 is 4.74 Å². The fraction of sp³-hybridized carbons (Fsp3) is 0.625. The van der Waals surface area contributed by atoms with Crippen molar-refractivity contribution in [1.82, 2.24) is 5.32 Å². The lowest BCUT2D eigenvalue weighted by atomic mass is 9.85. The molecule has 2 nitrogen and oxygen atoms in total. The van der Waals surface area contributed by atoms with Gasteiger partial charge in [0.25, 0.3) is 0 Å². The second-order valence-electron chi connectivity index (χ2n) is 6.16. The Hall–Kier alpha value is -0.540. The maximum absolute atomic E-state index is 5.26. The summed E-state index contributed by atoms with van der Waals surface area (Å²) in [6.45, 7) is 10.1. The van der Waals surface area contributed by atoms with Gasteiger partial charge in [0.2, 0.25) is 0 Å². The lowest BCUT2D eigenvalue weighted by Gasteiger charge is -2.28. The standard InChI is InChI=1S/C16H26BrNO/c1-6-9-18-15(11-16(2,3)4)13-8-7-12(19-5)10-14(13)17/h7-8,10,15,18H,6,9,11H2,1-5H3. The molecule has 0 heterocycles. The van der Waals surface area contributed by atoms with Crippen LogP contribution in [0.2, 0.25) is 0 Å². The zero-order chi connectivity index (χ0) is 14.5. The molecule has 0 aliphatic rings. The van der Waals surface area contributed by atoms with Crippen molar-refractivity contribution in [2.24, 2.45) is 5.41 Å². The smallest absolute Gasteiger partial charge is 0.120 e. The lowest BCUT2D eigenvalue weighted by Crippen LogP contribution is -2.26. The molecule has 1 unspecified atom stereocenters. The molecule has 1 rings (SSSR count). The van der Waals surface area contributed by atoms with Crippen LogP contribution in [0.25, 0.3) is 0 Å². The molecule has 108 valence electrons. The second-order valence-corrected chi connectivity index (χ2v) is 7.01. The molecule has 0 bridgehead atoms. The summed E-state index contributed by atoms with van der Waals surface area (Å²) < 4.78 is 6.38. The number of ether oxygens (including phenoxy) is 1. The van der Waals surface area contributed by atoms with Gasteiger partial charge in [0.05, 0.1) is 7.11 Å². The van der Waals surface area contributed by atoms with Crippen LogP contribution in [-0.2, 0) is 0 Å². The van der Waals surface area contributed by atoms with Gasteiger partial charge in [-0.05, 0) is 42.5 Å². The molecule has 0 saturated carbocycles. The van der Waals surface area contributed by atoms with Gasteiger partial charge in [0.15, 0.2) is 0 Å². The number of hydrogen-bond donors (Lipinski definition) is 1. The van der Waals surface area contributed by atoms with Gasteiger partial charge in [-0.2, -0.15) is 0 Å². The highest BCUT2D eigenvalue weighted by atomic mass is 79.9. The Morgan fingerprint density at radius 1 is 1.32 bits per heavy atom. The summed E-state index contributed by atoms with van der Waals surface area (Å²) >= 11 is 3.67. The van der Waals surface area contributed by atoms with E-state index < -0.39 is 0 Å². The first-order valence-corrected chi connectivity index (χ1v) is 7.73. The quantitative estimate of drug-likeness (QED) is 0.799. The van der Waals surface area contributed by atoms with Crippen LogP contribution < -0.4 is 10.1 Å². The van der Waals surface area contributed by atoms with Crippen LogP contribution in [0.4, 0.5) is 0 Å². The monoisotopic (exact) mass is 327 g/mol. The van der Waals surface area contributed by atoms with E-state index in [-0.39, 0.29) is 0 Å². The van der Waals surface area contributed by atoms with Crippen LogP contribution in [0.5, 0.6) is 5.75 Å². The molecule has 19 heavy (non-hydrogen) atoms. The largest absolute Gasteiger partial charge is 0.497 e. The SMILES string of the molecule is CCCNC(CC(C)(C)C)c1ccc(OC)cc1Br. The van der Waals surface area contributed by atoms with Crippen molar-refractivity contribution in [3.63, 3.8) is 0 Å². The molecule has 1 atom stereocenters. The first-order chi connectivity index (χ1) is 8.87. The summed E-state index contributed by atoms with van der Waals surface area (Å²) in [6.07, 6.45) is 2.26. The molecule has 1 aromatic rings. The number of hydrogen-bond acceptors (Lipinski definition) is 2. The van der Waals surface area contributed by atoms with Crippen LogP contribution in [0.15, 0.2) is 22.7 Å². The Morgan fingerprint density at radius 3 is 2.47 bits per heavy atom. The van der Waals surface area contributed by atoms with Gasteiger partial charge in [0.1, 0.15) is 5.75 Å². The highest BCUT2D eigenvalue weighted by molar-refractivity contribution is 9.10. The van der Waals surface area contributed by atoms with Gasteiger partial charge in [-0.25, -0.2) is 0 Å². The summed E-state index contributed by atoms with van der Waals surface area (Å²) in [5.41, 5.74) is 1.61. The van der Waals surface area contributed by atoms with Crippen molar-refractivity contribution >= 4 is 15.9 Å². The van der Waals surface area contributed by atoms with Gasteiger partial charge in [-0.3, -0.25) is 0 Å². The number of rotatable bonds is 6. The lowest BCUT2D eigenvalue weighted by molar-refractivity contribution is 0.311. The maximum Gasteiger partial charge on any atom is 0.120 e. The van der Waals surface area contributed by atoms with E-state index >= 15 is 0 Å². The third kappa shape index (κ3) is 5.53. The first kappa shape index (κ1) is 16.5. The Bertz CT molecular complexity index is 398. The average Bonchev–Trinajstić information content (AvgIpc) is 2.33. The molecule has 0 saturated heterocycles. The average molecular weight is 328 g/mol. The van der Waals surface area contributed by atoms with E-state index in [0.29, 0.717) is 11.5 Å². The maximum atomic E-state index is 5.26. The van der Waals surface area contributed by atoms with Gasteiger partial charge >= 0.3 is 0 Å². The molecule has 3 heteroatoms. The van der Waals surface area contributed by atoms with Crippen molar-refractivity contribution in [3.8, 4) is 5.75 Å².